The summed E-state index contributed by atoms with van der Waals surface area (Å²) < 4.78 is 0. The molecule has 1 unspecified atom stereocenters. The van der Waals surface area contributed by atoms with E-state index in [1.807, 2.05) is 6.92 Å². The van der Waals surface area contributed by atoms with Gasteiger partial charge in [0.2, 0.25) is 5.91 Å². The van der Waals surface area contributed by atoms with Crippen molar-refractivity contribution in [2.45, 2.75) is 79.2 Å². The van der Waals surface area contributed by atoms with Crippen molar-refractivity contribution in [3.63, 3.8) is 0 Å². The molecule has 0 aromatic carbocycles. The van der Waals surface area contributed by atoms with Crippen LogP contribution in [0.3, 0.4) is 0 Å². The molecule has 0 spiro atoms. The zero-order valence-corrected chi connectivity index (χ0v) is 13.6. The maximum Gasteiger partial charge on any atom is 0.236 e. The molecule has 0 aromatic heterocycles. The Labute approximate surface area is 119 Å². The summed E-state index contributed by atoms with van der Waals surface area (Å²) in [6.45, 7) is 12.6. The summed E-state index contributed by atoms with van der Waals surface area (Å²) in [5, 5.41) is 6.33. The highest BCUT2D eigenvalue weighted by Gasteiger charge is 2.20. The van der Waals surface area contributed by atoms with Gasteiger partial charge in [-0.3, -0.25) is 4.79 Å². The molecule has 0 aliphatic carbocycles. The minimum Gasteiger partial charge on any atom is -0.355 e. The number of carbonyl (C=O) groups is 1. The van der Waals surface area contributed by atoms with Crippen LogP contribution in [0.25, 0.3) is 0 Å². The number of hydrogen-bond donors (Lipinski definition) is 2. The molecular weight excluding hydrogens is 236 g/mol. The molecule has 0 fully saturated rings. The van der Waals surface area contributed by atoms with Crippen molar-refractivity contribution in [2.24, 2.45) is 5.41 Å². The fourth-order valence-electron chi connectivity index (χ4n) is 2.01. The van der Waals surface area contributed by atoms with Crippen molar-refractivity contribution in [2.75, 3.05) is 13.1 Å². The number of unbranched alkanes of at least 4 members (excludes halogenated alkanes) is 3. The highest BCUT2D eigenvalue weighted by molar-refractivity contribution is 5.81. The normalized spacial score (nSPS) is 13.3. The van der Waals surface area contributed by atoms with Crippen LogP contribution in [-0.4, -0.2) is 25.0 Å². The number of rotatable bonds is 11. The molecule has 0 aliphatic heterocycles. The van der Waals surface area contributed by atoms with Crippen LogP contribution in [0.1, 0.15) is 73.1 Å². The fourth-order valence-corrected chi connectivity index (χ4v) is 2.01. The Bertz CT molecular complexity index is 239. The molecule has 0 bridgehead atoms. The van der Waals surface area contributed by atoms with Gasteiger partial charge in [-0.25, -0.2) is 0 Å². The lowest BCUT2D eigenvalue weighted by Crippen LogP contribution is -2.45. The minimum atomic E-state index is -0.0951. The largest absolute Gasteiger partial charge is 0.355 e. The fraction of sp³-hybridized carbons (Fsp3) is 0.938. The predicted octanol–water partition coefficient (Wildman–Crippen LogP) is 3.49. The summed E-state index contributed by atoms with van der Waals surface area (Å²) in [7, 11) is 0. The Kier molecular flexibility index (Phi) is 9.94. The Morgan fingerprint density at radius 3 is 2.32 bits per heavy atom. The highest BCUT2D eigenvalue weighted by Crippen LogP contribution is 2.22. The molecule has 0 radical (unpaired) electrons. The third-order valence-electron chi connectivity index (χ3n) is 3.57. The van der Waals surface area contributed by atoms with Crippen LogP contribution < -0.4 is 10.6 Å². The van der Waals surface area contributed by atoms with E-state index in [-0.39, 0.29) is 17.4 Å². The van der Waals surface area contributed by atoms with Gasteiger partial charge < -0.3 is 10.6 Å². The van der Waals surface area contributed by atoms with Crippen LogP contribution >= 0.6 is 0 Å². The smallest absolute Gasteiger partial charge is 0.236 e. The minimum absolute atomic E-state index is 0.0951. The summed E-state index contributed by atoms with van der Waals surface area (Å²) in [6.07, 6.45) is 7.24. The van der Waals surface area contributed by atoms with Gasteiger partial charge in [0.25, 0.3) is 0 Å². The molecule has 114 valence electrons. The van der Waals surface area contributed by atoms with E-state index in [4.69, 9.17) is 0 Å². The molecule has 0 aromatic rings. The Hall–Kier alpha value is -0.570. The van der Waals surface area contributed by atoms with Gasteiger partial charge >= 0.3 is 0 Å². The van der Waals surface area contributed by atoms with Crippen LogP contribution in [0.4, 0.5) is 0 Å². The molecule has 0 heterocycles. The second-order valence-electron chi connectivity index (χ2n) is 6.37. The maximum atomic E-state index is 11.8. The van der Waals surface area contributed by atoms with Crippen molar-refractivity contribution in [3.8, 4) is 0 Å². The van der Waals surface area contributed by atoms with Gasteiger partial charge in [0, 0.05) is 13.1 Å². The van der Waals surface area contributed by atoms with E-state index in [9.17, 15) is 4.79 Å². The van der Waals surface area contributed by atoms with Gasteiger partial charge in [0.15, 0.2) is 0 Å². The first-order valence-electron chi connectivity index (χ1n) is 7.94. The molecular formula is C16H34N2O. The number of hydrogen-bond acceptors (Lipinski definition) is 2. The first-order valence-corrected chi connectivity index (χ1v) is 7.94. The third-order valence-corrected chi connectivity index (χ3v) is 3.57. The number of carbonyl (C=O) groups excluding carboxylic acids is 1. The zero-order chi connectivity index (χ0) is 14.7. The van der Waals surface area contributed by atoms with Crippen molar-refractivity contribution < 1.29 is 4.79 Å². The Balaban J connectivity index is 3.85. The molecule has 3 heteroatoms. The maximum absolute atomic E-state index is 11.8. The van der Waals surface area contributed by atoms with E-state index in [1.54, 1.807) is 0 Å². The van der Waals surface area contributed by atoms with Crippen molar-refractivity contribution >= 4 is 5.91 Å². The summed E-state index contributed by atoms with van der Waals surface area (Å²) in [4.78, 5) is 11.8. The van der Waals surface area contributed by atoms with Crippen LogP contribution in [-0.2, 0) is 4.79 Å². The first-order chi connectivity index (χ1) is 8.93. The molecule has 0 aliphatic rings. The van der Waals surface area contributed by atoms with Crippen molar-refractivity contribution in [3.05, 3.63) is 0 Å². The second-order valence-corrected chi connectivity index (χ2v) is 6.37. The molecule has 0 rings (SSSR count). The quantitative estimate of drug-likeness (QED) is 0.564. The van der Waals surface area contributed by atoms with Gasteiger partial charge in [-0.05, 0) is 25.2 Å². The van der Waals surface area contributed by atoms with Crippen molar-refractivity contribution in [1.82, 2.24) is 10.6 Å². The second kappa shape index (κ2) is 10.2. The van der Waals surface area contributed by atoms with Crippen LogP contribution in [0.2, 0.25) is 0 Å². The van der Waals surface area contributed by atoms with Crippen LogP contribution in [0, 0.1) is 5.41 Å². The Morgan fingerprint density at radius 1 is 1.11 bits per heavy atom. The molecule has 1 atom stereocenters. The predicted molar refractivity (Wildman–Crippen MR) is 83.3 cm³/mol. The Morgan fingerprint density at radius 2 is 1.74 bits per heavy atom. The van der Waals surface area contributed by atoms with E-state index < -0.39 is 0 Å². The van der Waals surface area contributed by atoms with Gasteiger partial charge in [-0.15, -0.1) is 0 Å². The van der Waals surface area contributed by atoms with E-state index in [0.717, 1.165) is 25.9 Å². The topological polar surface area (TPSA) is 41.1 Å². The number of nitrogens with one attached hydrogen (secondary N) is 2. The zero-order valence-electron chi connectivity index (χ0n) is 13.6. The van der Waals surface area contributed by atoms with Crippen molar-refractivity contribution in [1.29, 1.82) is 0 Å². The average Bonchev–Trinajstić information content (AvgIpc) is 2.36. The summed E-state index contributed by atoms with van der Waals surface area (Å²) in [6, 6.07) is -0.0951. The van der Waals surface area contributed by atoms with Gasteiger partial charge in [0.05, 0.1) is 6.04 Å². The molecule has 2 N–H and O–H groups in total. The molecule has 1 amide bonds. The lowest BCUT2D eigenvalue weighted by atomic mass is 9.86. The monoisotopic (exact) mass is 270 g/mol. The first kappa shape index (κ1) is 18.4. The summed E-state index contributed by atoms with van der Waals surface area (Å²) >= 11 is 0. The van der Waals surface area contributed by atoms with E-state index in [2.05, 4.69) is 38.3 Å². The molecule has 19 heavy (non-hydrogen) atoms. The van der Waals surface area contributed by atoms with Gasteiger partial charge in [-0.2, -0.15) is 0 Å². The van der Waals surface area contributed by atoms with E-state index in [0.29, 0.717) is 0 Å². The average molecular weight is 270 g/mol. The number of amides is 1. The SMILES string of the molecule is CCCCCC(C)(C)CNC(C)C(=O)NCCCC. The van der Waals surface area contributed by atoms with E-state index >= 15 is 0 Å². The van der Waals surface area contributed by atoms with E-state index in [1.165, 1.54) is 25.7 Å². The third kappa shape index (κ3) is 9.94. The molecule has 0 saturated carbocycles. The summed E-state index contributed by atoms with van der Waals surface area (Å²) in [5.74, 6) is 0.123. The lowest BCUT2D eigenvalue weighted by molar-refractivity contribution is -0.122. The highest BCUT2D eigenvalue weighted by atomic mass is 16.2. The molecule has 0 saturated heterocycles. The standard InChI is InChI=1S/C16H34N2O/c1-6-8-10-11-16(4,5)13-18-14(3)15(19)17-12-9-7-2/h14,18H,6-13H2,1-5H3,(H,17,19). The van der Waals surface area contributed by atoms with Crippen LogP contribution in [0.5, 0.6) is 0 Å². The molecule has 3 nitrogen and oxygen atoms in total. The van der Waals surface area contributed by atoms with Crippen LogP contribution in [0.15, 0.2) is 0 Å². The summed E-state index contributed by atoms with van der Waals surface area (Å²) in [5.41, 5.74) is 0.271. The lowest BCUT2D eigenvalue weighted by Gasteiger charge is -2.27. The van der Waals surface area contributed by atoms with Gasteiger partial charge in [-0.1, -0.05) is 53.4 Å². The van der Waals surface area contributed by atoms with Gasteiger partial charge in [0.1, 0.15) is 0 Å².